The second kappa shape index (κ2) is 4.75. The highest BCUT2D eigenvalue weighted by Gasteiger charge is 2.20. The van der Waals surface area contributed by atoms with E-state index in [9.17, 15) is 5.11 Å². The van der Waals surface area contributed by atoms with E-state index < -0.39 is 6.10 Å². The van der Waals surface area contributed by atoms with Gasteiger partial charge in [0.05, 0.1) is 6.10 Å². The van der Waals surface area contributed by atoms with Crippen molar-refractivity contribution < 1.29 is 5.11 Å². The van der Waals surface area contributed by atoms with Gasteiger partial charge in [0.25, 0.3) is 0 Å². The summed E-state index contributed by atoms with van der Waals surface area (Å²) in [6, 6.07) is 0. The fraction of sp³-hybridized carbons (Fsp3) is 0.250. The average Bonchev–Trinajstić information content (AvgIpc) is 2.38. The molecule has 0 heterocycles. The first-order chi connectivity index (χ1) is 8.75. The molecule has 0 aliphatic heterocycles. The Morgan fingerprint density at radius 3 is 3.00 bits per heavy atom. The number of fused-ring (bicyclic) bond motifs is 2. The van der Waals surface area contributed by atoms with Gasteiger partial charge in [-0.3, -0.25) is 0 Å². The van der Waals surface area contributed by atoms with Crippen LogP contribution < -0.4 is 0 Å². The predicted molar refractivity (Wildman–Crippen MR) is 75.3 cm³/mol. The van der Waals surface area contributed by atoms with Crippen LogP contribution in [0.4, 0.5) is 0 Å². The summed E-state index contributed by atoms with van der Waals surface area (Å²) < 4.78 is 0. The molecule has 18 heavy (non-hydrogen) atoms. The smallest absolute Gasteiger partial charge is 0.0827 e. The zero-order chi connectivity index (χ0) is 12.5. The second-order valence-corrected chi connectivity index (χ2v) is 5.22. The number of halogens is 1. The van der Waals surface area contributed by atoms with E-state index in [0.29, 0.717) is 6.42 Å². The first-order valence-corrected chi connectivity index (χ1v) is 6.65. The minimum Gasteiger partial charge on any atom is -0.388 e. The normalized spacial score (nSPS) is 32.3. The van der Waals surface area contributed by atoms with Crippen LogP contribution in [0.25, 0.3) is 0 Å². The van der Waals surface area contributed by atoms with E-state index in [-0.39, 0.29) is 0 Å². The molecule has 0 saturated carbocycles. The fourth-order valence-corrected chi connectivity index (χ4v) is 2.84. The van der Waals surface area contributed by atoms with Crippen molar-refractivity contribution in [2.75, 3.05) is 0 Å². The Morgan fingerprint density at radius 2 is 2.11 bits per heavy atom. The number of aliphatic hydroxyl groups is 1. The number of rotatable bonds is 0. The highest BCUT2D eigenvalue weighted by atomic mass is 35.5. The van der Waals surface area contributed by atoms with Crippen molar-refractivity contribution in [2.24, 2.45) is 0 Å². The van der Waals surface area contributed by atoms with E-state index in [2.05, 4.69) is 30.4 Å². The van der Waals surface area contributed by atoms with E-state index in [0.717, 1.165) is 34.6 Å². The van der Waals surface area contributed by atoms with Gasteiger partial charge in [0.15, 0.2) is 0 Å². The Bertz CT molecular complexity index is 556. The predicted octanol–water partition coefficient (Wildman–Crippen LogP) is 3.94. The van der Waals surface area contributed by atoms with Gasteiger partial charge in [-0.1, -0.05) is 48.1 Å². The van der Waals surface area contributed by atoms with Crippen LogP contribution >= 0.6 is 11.6 Å². The Hall–Kier alpha value is -1.31. The largest absolute Gasteiger partial charge is 0.388 e. The van der Waals surface area contributed by atoms with Crippen LogP contribution in [0.15, 0.2) is 69.9 Å². The molecule has 1 N–H and O–H groups in total. The van der Waals surface area contributed by atoms with Gasteiger partial charge in [-0.15, -0.1) is 0 Å². The number of aliphatic hydroxyl groups excluding tert-OH is 1. The van der Waals surface area contributed by atoms with E-state index in [4.69, 9.17) is 11.6 Å². The highest BCUT2D eigenvalue weighted by Crippen LogP contribution is 2.35. The molecular weight excluding hydrogens is 244 g/mol. The van der Waals surface area contributed by atoms with Gasteiger partial charge in [0, 0.05) is 11.5 Å². The monoisotopic (exact) mass is 258 g/mol. The fourth-order valence-electron chi connectivity index (χ4n) is 2.58. The Kier molecular flexibility index (Phi) is 3.11. The average molecular weight is 259 g/mol. The van der Waals surface area contributed by atoms with Gasteiger partial charge in [-0.2, -0.15) is 0 Å². The number of allylic oxidation sites excluding steroid dienone is 9. The summed E-state index contributed by atoms with van der Waals surface area (Å²) in [5.74, 6) is 0. The van der Waals surface area contributed by atoms with Gasteiger partial charge in [0.2, 0.25) is 0 Å². The third kappa shape index (κ3) is 2.05. The van der Waals surface area contributed by atoms with Crippen LogP contribution in [0, 0.1) is 0 Å². The molecular formula is C16H15ClO. The van der Waals surface area contributed by atoms with E-state index in [1.165, 1.54) is 5.57 Å². The second-order valence-electron chi connectivity index (χ2n) is 4.76. The highest BCUT2D eigenvalue weighted by molar-refractivity contribution is 6.30. The first-order valence-electron chi connectivity index (χ1n) is 6.27. The SMILES string of the molecule is OC1C/C=C2/C=CCC(Cl)=C2/C=C2/CC=CC=C21. The van der Waals surface area contributed by atoms with E-state index >= 15 is 0 Å². The summed E-state index contributed by atoms with van der Waals surface area (Å²) in [5, 5.41) is 11.1. The summed E-state index contributed by atoms with van der Waals surface area (Å²) in [7, 11) is 0. The molecule has 0 bridgehead atoms. The standard InChI is InChI=1S/C16H15ClO/c17-15-7-3-5-11-8-9-16(18)13-6-2-1-4-12(13)10-14(11)15/h1-3,5-6,8,10,16,18H,4,7,9H2/b11-8-,12-10-. The molecule has 0 aromatic rings. The lowest BCUT2D eigenvalue weighted by atomic mass is 9.85. The van der Waals surface area contributed by atoms with Crippen molar-refractivity contribution in [3.63, 3.8) is 0 Å². The minimum absolute atomic E-state index is 0.413. The Labute approximate surface area is 112 Å². The Morgan fingerprint density at radius 1 is 1.22 bits per heavy atom. The zero-order valence-electron chi connectivity index (χ0n) is 10.1. The van der Waals surface area contributed by atoms with Crippen molar-refractivity contribution in [3.8, 4) is 0 Å². The lowest BCUT2D eigenvalue weighted by Crippen LogP contribution is -2.15. The number of hydrogen-bond donors (Lipinski definition) is 1. The third-order valence-electron chi connectivity index (χ3n) is 3.56. The molecule has 3 rings (SSSR count). The van der Waals surface area contributed by atoms with Crippen molar-refractivity contribution >= 4 is 11.6 Å². The molecule has 0 radical (unpaired) electrons. The van der Waals surface area contributed by atoms with Crippen molar-refractivity contribution in [1.29, 1.82) is 0 Å². The summed E-state index contributed by atoms with van der Waals surface area (Å²) >= 11 is 6.33. The maximum absolute atomic E-state index is 10.2. The molecule has 2 heteroatoms. The van der Waals surface area contributed by atoms with E-state index in [1.54, 1.807) is 0 Å². The molecule has 0 spiro atoms. The van der Waals surface area contributed by atoms with Gasteiger partial charge in [0.1, 0.15) is 0 Å². The van der Waals surface area contributed by atoms with Gasteiger partial charge < -0.3 is 5.11 Å². The molecule has 0 aromatic heterocycles. The summed E-state index contributed by atoms with van der Waals surface area (Å²) in [6.45, 7) is 0. The first kappa shape index (κ1) is 11.8. The molecule has 1 nitrogen and oxygen atoms in total. The van der Waals surface area contributed by atoms with Crippen LogP contribution in [0.3, 0.4) is 0 Å². The molecule has 3 aliphatic carbocycles. The topological polar surface area (TPSA) is 20.2 Å². The van der Waals surface area contributed by atoms with Crippen LogP contribution in [-0.2, 0) is 0 Å². The van der Waals surface area contributed by atoms with E-state index in [1.807, 2.05) is 12.2 Å². The minimum atomic E-state index is -0.413. The van der Waals surface area contributed by atoms with Crippen molar-refractivity contribution in [1.82, 2.24) is 0 Å². The number of hydrogen-bond acceptors (Lipinski definition) is 1. The molecule has 0 amide bonds. The van der Waals surface area contributed by atoms with Crippen LogP contribution in [0.1, 0.15) is 19.3 Å². The van der Waals surface area contributed by atoms with Crippen LogP contribution in [0.5, 0.6) is 0 Å². The zero-order valence-corrected chi connectivity index (χ0v) is 10.8. The summed E-state index contributed by atoms with van der Waals surface area (Å²) in [5.41, 5.74) is 4.45. The van der Waals surface area contributed by atoms with Crippen molar-refractivity contribution in [3.05, 3.63) is 69.9 Å². The lowest BCUT2D eigenvalue weighted by Gasteiger charge is -2.23. The van der Waals surface area contributed by atoms with Crippen molar-refractivity contribution in [2.45, 2.75) is 25.4 Å². The summed E-state index contributed by atoms with van der Waals surface area (Å²) in [4.78, 5) is 0. The molecule has 92 valence electrons. The quantitative estimate of drug-likeness (QED) is 0.698. The van der Waals surface area contributed by atoms with Gasteiger partial charge in [-0.25, -0.2) is 0 Å². The van der Waals surface area contributed by atoms with Crippen LogP contribution in [-0.4, -0.2) is 11.2 Å². The van der Waals surface area contributed by atoms with Gasteiger partial charge >= 0.3 is 0 Å². The molecule has 0 fully saturated rings. The third-order valence-corrected chi connectivity index (χ3v) is 3.91. The molecule has 1 unspecified atom stereocenters. The van der Waals surface area contributed by atoms with Gasteiger partial charge in [-0.05, 0) is 41.2 Å². The maximum atomic E-state index is 10.2. The maximum Gasteiger partial charge on any atom is 0.0827 e. The molecule has 0 aromatic carbocycles. The summed E-state index contributed by atoms with van der Waals surface area (Å²) in [6.07, 6.45) is 16.4. The lowest BCUT2D eigenvalue weighted by molar-refractivity contribution is 0.215. The molecule has 3 aliphatic rings. The van der Waals surface area contributed by atoms with Crippen LogP contribution in [0.2, 0.25) is 0 Å². The Balaban J connectivity index is 2.11. The molecule has 0 saturated heterocycles. The molecule has 1 atom stereocenters.